The SMILES string of the molecule is CC(N)(C(=O)O)c1ccc(Br)cc1Cl. The van der Waals surface area contributed by atoms with Crippen molar-refractivity contribution < 1.29 is 9.90 Å². The maximum absolute atomic E-state index is 10.9. The molecule has 1 rings (SSSR count). The van der Waals surface area contributed by atoms with Gasteiger partial charge in [-0.15, -0.1) is 0 Å². The van der Waals surface area contributed by atoms with E-state index in [1.807, 2.05) is 0 Å². The Hall–Kier alpha value is -0.580. The van der Waals surface area contributed by atoms with Crippen LogP contribution in [-0.2, 0) is 10.3 Å². The van der Waals surface area contributed by atoms with E-state index in [-0.39, 0.29) is 0 Å². The molecule has 0 aliphatic rings. The topological polar surface area (TPSA) is 63.3 Å². The normalized spacial score (nSPS) is 14.9. The first-order valence-electron chi connectivity index (χ1n) is 3.83. The summed E-state index contributed by atoms with van der Waals surface area (Å²) < 4.78 is 0.785. The van der Waals surface area contributed by atoms with E-state index in [9.17, 15) is 4.79 Å². The second-order valence-corrected chi connectivity index (χ2v) is 4.45. The van der Waals surface area contributed by atoms with Crippen molar-refractivity contribution >= 4 is 33.5 Å². The molecule has 1 aromatic rings. The smallest absolute Gasteiger partial charge is 0.328 e. The minimum absolute atomic E-state index is 0.340. The van der Waals surface area contributed by atoms with Crippen molar-refractivity contribution in [1.29, 1.82) is 0 Å². The van der Waals surface area contributed by atoms with E-state index in [1.165, 1.54) is 6.92 Å². The molecule has 3 N–H and O–H groups in total. The predicted octanol–water partition coefficient (Wildman–Crippen LogP) is 2.36. The molecule has 3 nitrogen and oxygen atoms in total. The largest absolute Gasteiger partial charge is 0.480 e. The van der Waals surface area contributed by atoms with Gasteiger partial charge in [-0.1, -0.05) is 33.6 Å². The highest BCUT2D eigenvalue weighted by Gasteiger charge is 2.32. The van der Waals surface area contributed by atoms with Crippen LogP contribution in [-0.4, -0.2) is 11.1 Å². The highest BCUT2D eigenvalue weighted by atomic mass is 79.9. The molecule has 0 saturated carbocycles. The molecule has 0 spiro atoms. The van der Waals surface area contributed by atoms with Gasteiger partial charge in [0.25, 0.3) is 0 Å². The molecule has 5 heteroatoms. The molecule has 0 saturated heterocycles. The Balaban J connectivity index is 3.26. The van der Waals surface area contributed by atoms with E-state index < -0.39 is 11.5 Å². The molecule has 0 fully saturated rings. The molecule has 0 aromatic heterocycles. The molecule has 1 atom stereocenters. The Morgan fingerprint density at radius 2 is 2.21 bits per heavy atom. The van der Waals surface area contributed by atoms with Gasteiger partial charge in [0, 0.05) is 15.1 Å². The van der Waals surface area contributed by atoms with Gasteiger partial charge in [-0.3, -0.25) is 0 Å². The summed E-state index contributed by atoms with van der Waals surface area (Å²) in [6.45, 7) is 1.41. The lowest BCUT2D eigenvalue weighted by molar-refractivity contribution is -0.143. The molecule has 0 radical (unpaired) electrons. The second kappa shape index (κ2) is 3.88. The first-order valence-corrected chi connectivity index (χ1v) is 5.00. The van der Waals surface area contributed by atoms with Gasteiger partial charge in [-0.05, 0) is 19.1 Å². The summed E-state index contributed by atoms with van der Waals surface area (Å²) in [6, 6.07) is 4.92. The van der Waals surface area contributed by atoms with E-state index in [2.05, 4.69) is 15.9 Å². The molecule has 1 unspecified atom stereocenters. The number of halogens is 2. The van der Waals surface area contributed by atoms with Gasteiger partial charge in [-0.2, -0.15) is 0 Å². The average Bonchev–Trinajstić information content (AvgIpc) is 2.02. The molecule has 0 aliphatic heterocycles. The first-order chi connectivity index (χ1) is 6.35. The standard InChI is InChI=1S/C9H9BrClNO2/c1-9(12,8(13)14)6-3-2-5(10)4-7(6)11/h2-4H,12H2,1H3,(H,13,14). The summed E-state index contributed by atoms with van der Waals surface area (Å²) in [4.78, 5) is 10.9. The van der Waals surface area contributed by atoms with Gasteiger partial charge in [0.15, 0.2) is 0 Å². The number of hydrogen-bond donors (Lipinski definition) is 2. The third kappa shape index (κ3) is 2.08. The number of carboxylic acid groups (broad SMARTS) is 1. The minimum atomic E-state index is -1.46. The van der Waals surface area contributed by atoms with Crippen LogP contribution in [0.15, 0.2) is 22.7 Å². The Kier molecular flexibility index (Phi) is 3.19. The summed E-state index contributed by atoms with van der Waals surface area (Å²) in [5.74, 6) is -1.11. The van der Waals surface area contributed by atoms with Gasteiger partial charge in [0.05, 0.1) is 0 Å². The van der Waals surface area contributed by atoms with E-state index in [0.29, 0.717) is 10.6 Å². The van der Waals surface area contributed by atoms with E-state index in [1.54, 1.807) is 18.2 Å². The average molecular weight is 279 g/mol. The third-order valence-electron chi connectivity index (χ3n) is 1.93. The van der Waals surface area contributed by atoms with Crippen molar-refractivity contribution in [2.45, 2.75) is 12.5 Å². The first kappa shape index (κ1) is 11.5. The van der Waals surface area contributed by atoms with Crippen molar-refractivity contribution in [2.24, 2.45) is 5.73 Å². The second-order valence-electron chi connectivity index (χ2n) is 3.13. The van der Waals surface area contributed by atoms with Crippen LogP contribution >= 0.6 is 27.5 Å². The molecule has 14 heavy (non-hydrogen) atoms. The molecular weight excluding hydrogens is 269 g/mol. The van der Waals surface area contributed by atoms with Crippen molar-refractivity contribution in [3.05, 3.63) is 33.3 Å². The molecule has 0 aliphatic carbocycles. The fourth-order valence-corrected chi connectivity index (χ4v) is 1.90. The third-order valence-corrected chi connectivity index (χ3v) is 2.74. The number of benzene rings is 1. The van der Waals surface area contributed by atoms with Crippen molar-refractivity contribution in [3.63, 3.8) is 0 Å². The fourth-order valence-electron chi connectivity index (χ4n) is 1.03. The fraction of sp³-hybridized carbons (Fsp3) is 0.222. The zero-order valence-corrected chi connectivity index (χ0v) is 9.76. The lowest BCUT2D eigenvalue weighted by Gasteiger charge is -2.20. The van der Waals surface area contributed by atoms with Gasteiger partial charge in [0.2, 0.25) is 0 Å². The maximum Gasteiger partial charge on any atom is 0.328 e. The zero-order chi connectivity index (χ0) is 10.9. The quantitative estimate of drug-likeness (QED) is 0.873. The molecule has 76 valence electrons. The monoisotopic (exact) mass is 277 g/mol. The molecule has 0 heterocycles. The van der Waals surface area contributed by atoms with Crippen LogP contribution in [0.5, 0.6) is 0 Å². The maximum atomic E-state index is 10.9. The van der Waals surface area contributed by atoms with Crippen LogP contribution < -0.4 is 5.73 Å². The Morgan fingerprint density at radius 3 is 2.64 bits per heavy atom. The summed E-state index contributed by atoms with van der Waals surface area (Å²) in [7, 11) is 0. The lowest BCUT2D eigenvalue weighted by Crippen LogP contribution is -2.41. The number of nitrogens with two attached hydrogens (primary N) is 1. The van der Waals surface area contributed by atoms with Crippen LogP contribution in [0.1, 0.15) is 12.5 Å². The highest BCUT2D eigenvalue weighted by Crippen LogP contribution is 2.28. The summed E-state index contributed by atoms with van der Waals surface area (Å²) in [5, 5.41) is 9.23. The summed E-state index contributed by atoms with van der Waals surface area (Å²) >= 11 is 9.11. The number of carboxylic acids is 1. The van der Waals surface area contributed by atoms with Gasteiger partial charge >= 0.3 is 5.97 Å². The van der Waals surface area contributed by atoms with Crippen LogP contribution in [0.3, 0.4) is 0 Å². The van der Waals surface area contributed by atoms with Crippen molar-refractivity contribution in [3.8, 4) is 0 Å². The minimum Gasteiger partial charge on any atom is -0.480 e. The van der Waals surface area contributed by atoms with Gasteiger partial charge < -0.3 is 10.8 Å². The number of rotatable bonds is 2. The number of hydrogen-bond acceptors (Lipinski definition) is 2. The van der Waals surface area contributed by atoms with E-state index in [0.717, 1.165) is 4.47 Å². The van der Waals surface area contributed by atoms with E-state index >= 15 is 0 Å². The Morgan fingerprint density at radius 1 is 1.64 bits per heavy atom. The van der Waals surface area contributed by atoms with Crippen molar-refractivity contribution in [2.75, 3.05) is 0 Å². The molecule has 0 amide bonds. The number of aliphatic carboxylic acids is 1. The van der Waals surface area contributed by atoms with Crippen LogP contribution in [0.2, 0.25) is 5.02 Å². The summed E-state index contributed by atoms with van der Waals surface area (Å²) in [6.07, 6.45) is 0. The Labute approximate surface area is 95.0 Å². The molecule has 1 aromatic carbocycles. The lowest BCUT2D eigenvalue weighted by atomic mass is 9.93. The van der Waals surface area contributed by atoms with Crippen LogP contribution in [0.25, 0.3) is 0 Å². The highest BCUT2D eigenvalue weighted by molar-refractivity contribution is 9.10. The van der Waals surface area contributed by atoms with Crippen LogP contribution in [0.4, 0.5) is 0 Å². The predicted molar refractivity (Wildman–Crippen MR) is 58.3 cm³/mol. The molecule has 0 bridgehead atoms. The summed E-state index contributed by atoms with van der Waals surface area (Å²) in [5.41, 5.74) is 4.57. The van der Waals surface area contributed by atoms with Gasteiger partial charge in [0.1, 0.15) is 5.54 Å². The molecular formula is C9H9BrClNO2. The zero-order valence-electron chi connectivity index (χ0n) is 7.42. The van der Waals surface area contributed by atoms with Crippen LogP contribution in [0, 0.1) is 0 Å². The number of carbonyl (C=O) groups is 1. The Bertz CT molecular complexity index is 379. The van der Waals surface area contributed by atoms with Gasteiger partial charge in [-0.25, -0.2) is 4.79 Å². The van der Waals surface area contributed by atoms with Crippen molar-refractivity contribution in [1.82, 2.24) is 0 Å². The van der Waals surface area contributed by atoms with E-state index in [4.69, 9.17) is 22.4 Å².